The molecule has 1 aliphatic rings. The summed E-state index contributed by atoms with van der Waals surface area (Å²) < 4.78 is 0. The van der Waals surface area contributed by atoms with Gasteiger partial charge < -0.3 is 0 Å². The largest absolute Gasteiger partial charge is 0.206 e. The van der Waals surface area contributed by atoms with E-state index in [9.17, 15) is 0 Å². The van der Waals surface area contributed by atoms with Gasteiger partial charge in [0.2, 0.25) is 0 Å². The molecular formula is C16H9N. The summed E-state index contributed by atoms with van der Waals surface area (Å²) >= 11 is 0. The van der Waals surface area contributed by atoms with Gasteiger partial charge in [-0.25, -0.2) is 4.99 Å². The molecule has 1 heterocycles. The summed E-state index contributed by atoms with van der Waals surface area (Å²) in [5.74, 6) is 9.13. The van der Waals surface area contributed by atoms with Gasteiger partial charge in [-0.1, -0.05) is 30.0 Å². The Morgan fingerprint density at radius 1 is 0.882 bits per heavy atom. The maximum atomic E-state index is 4.10. The third-order valence-electron chi connectivity index (χ3n) is 2.56. The third kappa shape index (κ3) is 2.03. The zero-order valence-corrected chi connectivity index (χ0v) is 9.14. The number of nitrogens with zero attached hydrogens (tertiary/aromatic N) is 1. The average molecular weight is 215 g/mol. The number of fused-ring (bicyclic) bond motifs is 1. The van der Waals surface area contributed by atoms with E-state index in [2.05, 4.69) is 22.7 Å². The van der Waals surface area contributed by atoms with Crippen molar-refractivity contribution in [2.45, 2.75) is 0 Å². The standard InChI is InChI=1S/C16H9N/c1-2-4-13(5-3-1)6-7-14-8-9-16-15(12-14)10-11-17-16/h1-5,8-10,12H. The minimum absolute atomic E-state index is 0.968. The van der Waals surface area contributed by atoms with Gasteiger partial charge in [0, 0.05) is 22.8 Å². The van der Waals surface area contributed by atoms with Gasteiger partial charge in [-0.3, -0.25) is 0 Å². The zero-order valence-electron chi connectivity index (χ0n) is 9.14. The smallest absolute Gasteiger partial charge is 0.0809 e. The lowest BCUT2D eigenvalue weighted by molar-refractivity contribution is 1.53. The van der Waals surface area contributed by atoms with Crippen LogP contribution in [0.4, 0.5) is 5.69 Å². The first-order chi connectivity index (χ1) is 8.42. The Morgan fingerprint density at radius 3 is 2.59 bits per heavy atom. The van der Waals surface area contributed by atoms with Crippen LogP contribution in [-0.2, 0) is 0 Å². The molecule has 2 aromatic rings. The van der Waals surface area contributed by atoms with E-state index >= 15 is 0 Å². The van der Waals surface area contributed by atoms with Crippen molar-refractivity contribution in [3.05, 3.63) is 65.2 Å². The molecule has 0 spiro atoms. The Hall–Kier alpha value is -2.55. The highest BCUT2D eigenvalue weighted by atomic mass is 14.7. The fourth-order valence-electron chi connectivity index (χ4n) is 1.69. The van der Waals surface area contributed by atoms with E-state index in [4.69, 9.17) is 0 Å². The second-order valence-corrected chi connectivity index (χ2v) is 3.77. The van der Waals surface area contributed by atoms with Crippen molar-refractivity contribution in [1.82, 2.24) is 0 Å². The van der Waals surface area contributed by atoms with Gasteiger partial charge in [0.25, 0.3) is 0 Å². The maximum Gasteiger partial charge on any atom is 0.0809 e. The van der Waals surface area contributed by atoms with Crippen molar-refractivity contribution < 1.29 is 0 Å². The first-order valence-corrected chi connectivity index (χ1v) is 5.42. The van der Waals surface area contributed by atoms with Crippen LogP contribution in [0.5, 0.6) is 0 Å². The molecule has 1 heteroatoms. The van der Waals surface area contributed by atoms with Gasteiger partial charge in [0.1, 0.15) is 0 Å². The van der Waals surface area contributed by atoms with E-state index in [1.54, 1.807) is 0 Å². The molecule has 0 radical (unpaired) electrons. The van der Waals surface area contributed by atoms with Crippen LogP contribution in [0.25, 0.3) is 6.08 Å². The Balaban J connectivity index is 1.93. The molecule has 0 amide bonds. The molecule has 0 N–H and O–H groups in total. The monoisotopic (exact) mass is 215 g/mol. The summed E-state index contributed by atoms with van der Waals surface area (Å²) in [6.07, 6.45) is 1.88. The topological polar surface area (TPSA) is 12.4 Å². The molecule has 1 aliphatic heterocycles. The fourth-order valence-corrected chi connectivity index (χ4v) is 1.69. The van der Waals surface area contributed by atoms with Crippen LogP contribution in [0.15, 0.2) is 53.5 Å². The van der Waals surface area contributed by atoms with Crippen LogP contribution >= 0.6 is 0 Å². The van der Waals surface area contributed by atoms with Crippen LogP contribution in [-0.4, -0.2) is 5.87 Å². The van der Waals surface area contributed by atoms with Crippen molar-refractivity contribution in [2.24, 2.45) is 4.99 Å². The van der Waals surface area contributed by atoms with E-state index in [0.717, 1.165) is 22.4 Å². The molecule has 0 unspecified atom stereocenters. The van der Waals surface area contributed by atoms with Crippen molar-refractivity contribution in [3.63, 3.8) is 0 Å². The molecule has 0 aromatic heterocycles. The molecular weight excluding hydrogens is 206 g/mol. The molecule has 1 nitrogen and oxygen atoms in total. The Bertz CT molecular complexity index is 678. The Kier molecular flexibility index (Phi) is 2.35. The van der Waals surface area contributed by atoms with Crippen molar-refractivity contribution in [1.29, 1.82) is 0 Å². The second-order valence-electron chi connectivity index (χ2n) is 3.77. The van der Waals surface area contributed by atoms with E-state index in [-0.39, 0.29) is 0 Å². The van der Waals surface area contributed by atoms with Crippen molar-refractivity contribution in [2.75, 3.05) is 0 Å². The van der Waals surface area contributed by atoms with Crippen LogP contribution in [0, 0.1) is 11.8 Å². The van der Waals surface area contributed by atoms with Crippen LogP contribution in [0.2, 0.25) is 0 Å². The summed E-state index contributed by atoms with van der Waals surface area (Å²) in [4.78, 5) is 4.10. The zero-order chi connectivity index (χ0) is 11.5. The molecule has 0 saturated heterocycles. The van der Waals surface area contributed by atoms with Crippen LogP contribution in [0.3, 0.4) is 0 Å². The van der Waals surface area contributed by atoms with E-state index in [1.165, 1.54) is 0 Å². The quantitative estimate of drug-likeness (QED) is 0.509. The lowest BCUT2D eigenvalue weighted by atomic mass is 10.1. The van der Waals surface area contributed by atoms with Gasteiger partial charge in [-0.2, -0.15) is 0 Å². The van der Waals surface area contributed by atoms with Crippen molar-refractivity contribution in [3.8, 4) is 11.8 Å². The molecule has 2 aromatic carbocycles. The molecule has 0 saturated carbocycles. The van der Waals surface area contributed by atoms with E-state index in [1.807, 2.05) is 54.6 Å². The van der Waals surface area contributed by atoms with Crippen LogP contribution < -0.4 is 0 Å². The summed E-state index contributed by atoms with van der Waals surface area (Å²) in [7, 11) is 0. The number of hydrogen-bond donors (Lipinski definition) is 0. The lowest BCUT2D eigenvalue weighted by Crippen LogP contribution is -1.77. The second kappa shape index (κ2) is 4.14. The number of benzene rings is 2. The normalized spacial score (nSPS) is 10.8. The average Bonchev–Trinajstić information content (AvgIpc) is 2.85. The summed E-state index contributed by atoms with van der Waals surface area (Å²) in [5, 5.41) is 0. The highest BCUT2D eigenvalue weighted by molar-refractivity contribution is 5.90. The molecule has 78 valence electrons. The first-order valence-electron chi connectivity index (χ1n) is 5.42. The molecule has 0 bridgehead atoms. The molecule has 0 aliphatic carbocycles. The molecule has 0 atom stereocenters. The van der Waals surface area contributed by atoms with Crippen molar-refractivity contribution >= 4 is 17.6 Å². The van der Waals surface area contributed by atoms with Gasteiger partial charge in [0.05, 0.1) is 5.69 Å². The summed E-state index contributed by atoms with van der Waals surface area (Å²) in [6, 6.07) is 16.0. The fraction of sp³-hybridized carbons (Fsp3) is 0. The lowest BCUT2D eigenvalue weighted by Gasteiger charge is -1.95. The first kappa shape index (κ1) is 9.66. The molecule has 0 fully saturated rings. The predicted octanol–water partition coefficient (Wildman–Crippen LogP) is 3.41. The minimum Gasteiger partial charge on any atom is -0.206 e. The molecule has 17 heavy (non-hydrogen) atoms. The number of rotatable bonds is 0. The predicted molar refractivity (Wildman–Crippen MR) is 70.4 cm³/mol. The van der Waals surface area contributed by atoms with Gasteiger partial charge >= 0.3 is 0 Å². The van der Waals surface area contributed by atoms with Crippen LogP contribution in [0.1, 0.15) is 16.7 Å². The highest BCUT2D eigenvalue weighted by Gasteiger charge is 2.01. The minimum atomic E-state index is 0.968. The van der Waals surface area contributed by atoms with E-state index < -0.39 is 0 Å². The molecule has 3 rings (SSSR count). The maximum absolute atomic E-state index is 4.10. The Labute approximate surface area is 100 Å². The third-order valence-corrected chi connectivity index (χ3v) is 2.56. The summed E-state index contributed by atoms with van der Waals surface area (Å²) in [6.45, 7) is 0. The van der Waals surface area contributed by atoms with E-state index in [0.29, 0.717) is 0 Å². The summed E-state index contributed by atoms with van der Waals surface area (Å²) in [5.41, 5.74) is 4.09. The Morgan fingerprint density at radius 2 is 1.71 bits per heavy atom. The number of aliphatic imine (C=N–C) groups is 1. The van der Waals surface area contributed by atoms with Gasteiger partial charge in [-0.15, -0.1) is 0 Å². The van der Waals surface area contributed by atoms with Gasteiger partial charge in [-0.05, 0) is 36.2 Å². The number of hydrogen-bond acceptors (Lipinski definition) is 1. The SMILES string of the molecule is C1=Cc2cc(C#Cc3ccccc3)ccc2N=1. The highest BCUT2D eigenvalue weighted by Crippen LogP contribution is 2.23. The van der Waals surface area contributed by atoms with Gasteiger partial charge in [0.15, 0.2) is 0 Å².